The molecule has 1 aliphatic rings. The maximum Gasteiger partial charge on any atom is 0.573 e. The van der Waals surface area contributed by atoms with E-state index in [1.54, 1.807) is 18.2 Å². The molecule has 0 saturated heterocycles. The number of aryl methyl sites for hydroxylation is 1. The van der Waals surface area contributed by atoms with E-state index in [0.29, 0.717) is 5.56 Å². The van der Waals surface area contributed by atoms with Crippen molar-refractivity contribution < 1.29 is 32.6 Å². The fraction of sp³-hybridized carbons (Fsp3) is 0.304. The molecule has 0 aromatic heterocycles. The van der Waals surface area contributed by atoms with Crippen molar-refractivity contribution in [3.05, 3.63) is 71.0 Å². The van der Waals surface area contributed by atoms with Crippen LogP contribution >= 0.6 is 0 Å². The number of carbonyl (C=O) groups is 2. The number of nitrogens with zero attached hydrogens (tertiary/aromatic N) is 1. The molecule has 1 amide bonds. The maximum atomic E-state index is 12.9. The molecule has 0 fully saturated rings. The Bertz CT molecular complexity index is 1030. The Labute approximate surface area is 177 Å². The first-order valence-corrected chi connectivity index (χ1v) is 9.70. The van der Waals surface area contributed by atoms with E-state index in [1.807, 2.05) is 26.8 Å². The summed E-state index contributed by atoms with van der Waals surface area (Å²) in [6.07, 6.45) is -4.70. The van der Waals surface area contributed by atoms with Crippen molar-refractivity contribution in [2.24, 2.45) is 5.92 Å². The first-order valence-electron chi connectivity index (χ1n) is 9.70. The summed E-state index contributed by atoms with van der Waals surface area (Å²) in [6.45, 7) is 5.56. The predicted molar refractivity (Wildman–Crippen MR) is 109 cm³/mol. The zero-order chi connectivity index (χ0) is 22.9. The topological polar surface area (TPSA) is 66.8 Å². The van der Waals surface area contributed by atoms with Crippen molar-refractivity contribution in [2.75, 3.05) is 4.90 Å². The summed E-state index contributed by atoms with van der Waals surface area (Å²) in [6, 6.07) is 11.0. The number of alkyl halides is 3. The van der Waals surface area contributed by atoms with Gasteiger partial charge in [-0.25, -0.2) is 0 Å². The first-order chi connectivity index (χ1) is 14.5. The number of rotatable bonds is 6. The molecule has 2 aromatic rings. The summed E-state index contributed by atoms with van der Waals surface area (Å²) in [7, 11) is 0. The van der Waals surface area contributed by atoms with E-state index >= 15 is 0 Å². The van der Waals surface area contributed by atoms with Crippen LogP contribution < -0.4 is 9.64 Å². The van der Waals surface area contributed by atoms with E-state index in [0.717, 1.165) is 17.7 Å². The molecule has 8 heteroatoms. The Morgan fingerprint density at radius 3 is 2.35 bits per heavy atom. The Hall–Kier alpha value is -3.29. The van der Waals surface area contributed by atoms with Gasteiger partial charge in [0.05, 0.1) is 11.6 Å². The van der Waals surface area contributed by atoms with E-state index in [1.165, 1.54) is 17.0 Å². The standard InChI is InChI=1S/C23H22F3NO4/c1-13(2)11-18(28)19-20(15-6-4-5-14(3)12-15)27(22(30)21(19)29)16-7-9-17(10-8-16)31-23(24,25)26/h4-10,12-13,20,29H,11H2,1-3H3. The van der Waals surface area contributed by atoms with Crippen LogP contribution in [0.1, 0.15) is 37.4 Å². The van der Waals surface area contributed by atoms with Crippen LogP contribution in [-0.2, 0) is 9.59 Å². The zero-order valence-electron chi connectivity index (χ0n) is 17.2. The molecule has 3 rings (SSSR count). The summed E-state index contributed by atoms with van der Waals surface area (Å²) in [5, 5.41) is 10.6. The third-order valence-electron chi connectivity index (χ3n) is 4.81. The highest BCUT2D eigenvalue weighted by molar-refractivity contribution is 6.16. The van der Waals surface area contributed by atoms with Crippen molar-refractivity contribution in [2.45, 2.75) is 39.6 Å². The van der Waals surface area contributed by atoms with E-state index in [-0.39, 0.29) is 29.4 Å². The number of ether oxygens (including phenoxy) is 1. The summed E-state index contributed by atoms with van der Waals surface area (Å²) >= 11 is 0. The second-order valence-electron chi connectivity index (χ2n) is 7.82. The van der Waals surface area contributed by atoms with Gasteiger partial charge in [0, 0.05) is 12.1 Å². The predicted octanol–water partition coefficient (Wildman–Crippen LogP) is 5.41. The molecule has 1 aliphatic heterocycles. The molecular formula is C23H22F3NO4. The van der Waals surface area contributed by atoms with Crippen molar-refractivity contribution in [1.29, 1.82) is 0 Å². The monoisotopic (exact) mass is 433 g/mol. The van der Waals surface area contributed by atoms with Gasteiger partial charge in [0.25, 0.3) is 5.91 Å². The molecule has 1 atom stereocenters. The van der Waals surface area contributed by atoms with Gasteiger partial charge < -0.3 is 9.84 Å². The number of hydrogen-bond acceptors (Lipinski definition) is 4. The van der Waals surface area contributed by atoms with Gasteiger partial charge in [-0.3, -0.25) is 14.5 Å². The number of anilines is 1. The molecule has 2 aromatic carbocycles. The Morgan fingerprint density at radius 2 is 1.81 bits per heavy atom. The minimum atomic E-state index is -4.84. The quantitative estimate of drug-likeness (QED) is 0.662. The van der Waals surface area contributed by atoms with E-state index < -0.39 is 29.8 Å². The van der Waals surface area contributed by atoms with Gasteiger partial charge in [-0.15, -0.1) is 13.2 Å². The molecule has 0 bridgehead atoms. The van der Waals surface area contributed by atoms with E-state index in [9.17, 15) is 27.9 Å². The summed E-state index contributed by atoms with van der Waals surface area (Å²) < 4.78 is 41.3. The average Bonchev–Trinajstić information content (AvgIpc) is 2.92. The van der Waals surface area contributed by atoms with Crippen LogP contribution in [0.25, 0.3) is 0 Å². The van der Waals surface area contributed by atoms with E-state index in [2.05, 4.69) is 4.74 Å². The molecule has 0 saturated carbocycles. The Balaban J connectivity index is 2.06. The summed E-state index contributed by atoms with van der Waals surface area (Å²) in [4.78, 5) is 27.1. The molecule has 164 valence electrons. The SMILES string of the molecule is Cc1cccc(C2C(C(=O)CC(C)C)=C(O)C(=O)N2c2ccc(OC(F)(F)F)cc2)c1. The molecule has 31 heavy (non-hydrogen) atoms. The largest absolute Gasteiger partial charge is 0.573 e. The van der Waals surface area contributed by atoms with Crippen LogP contribution in [0.15, 0.2) is 59.9 Å². The average molecular weight is 433 g/mol. The first kappa shape index (κ1) is 22.4. The number of halogens is 3. The highest BCUT2D eigenvalue weighted by atomic mass is 19.4. The number of benzene rings is 2. The van der Waals surface area contributed by atoms with Crippen LogP contribution in [0.3, 0.4) is 0 Å². The molecule has 1 N–H and O–H groups in total. The molecule has 0 aliphatic carbocycles. The lowest BCUT2D eigenvalue weighted by atomic mass is 9.91. The van der Waals surface area contributed by atoms with E-state index in [4.69, 9.17) is 0 Å². The van der Waals surface area contributed by atoms with Crippen LogP contribution in [0.4, 0.5) is 18.9 Å². The highest BCUT2D eigenvalue weighted by Gasteiger charge is 2.44. The fourth-order valence-corrected chi connectivity index (χ4v) is 3.60. The van der Waals surface area contributed by atoms with Gasteiger partial charge in [-0.1, -0.05) is 43.7 Å². The third-order valence-corrected chi connectivity index (χ3v) is 4.81. The number of amides is 1. The molecule has 1 unspecified atom stereocenters. The number of ketones is 1. The van der Waals surface area contributed by atoms with Crippen molar-refractivity contribution in [3.63, 3.8) is 0 Å². The third kappa shape index (κ3) is 4.90. The number of aliphatic hydroxyl groups excluding tert-OH is 1. The number of hydrogen-bond donors (Lipinski definition) is 1. The zero-order valence-corrected chi connectivity index (χ0v) is 17.2. The summed E-state index contributed by atoms with van der Waals surface area (Å²) in [5.41, 5.74) is 1.71. The smallest absolute Gasteiger partial charge is 0.503 e. The van der Waals surface area contributed by atoms with Gasteiger partial charge in [0.2, 0.25) is 0 Å². The van der Waals surface area contributed by atoms with Crippen molar-refractivity contribution in [3.8, 4) is 5.75 Å². The minimum Gasteiger partial charge on any atom is -0.503 e. The van der Waals surface area contributed by atoms with Gasteiger partial charge in [0.1, 0.15) is 5.75 Å². The lowest BCUT2D eigenvalue weighted by Crippen LogP contribution is -2.31. The Kier molecular flexibility index (Phi) is 6.10. The van der Waals surface area contributed by atoms with Crippen LogP contribution in [0, 0.1) is 12.8 Å². The van der Waals surface area contributed by atoms with Gasteiger partial charge in [0.15, 0.2) is 11.5 Å². The maximum absolute atomic E-state index is 12.9. The molecule has 5 nitrogen and oxygen atoms in total. The van der Waals surface area contributed by atoms with Gasteiger partial charge >= 0.3 is 6.36 Å². The Morgan fingerprint density at radius 1 is 1.16 bits per heavy atom. The van der Waals surface area contributed by atoms with Crippen molar-refractivity contribution in [1.82, 2.24) is 0 Å². The molecular weight excluding hydrogens is 411 g/mol. The van der Waals surface area contributed by atoms with Gasteiger partial charge in [-0.05, 0) is 42.7 Å². The second kappa shape index (κ2) is 8.45. The number of carbonyl (C=O) groups excluding carboxylic acids is 2. The normalized spacial score (nSPS) is 16.9. The molecule has 1 heterocycles. The van der Waals surface area contributed by atoms with Crippen LogP contribution in [-0.4, -0.2) is 23.2 Å². The molecule has 0 radical (unpaired) electrons. The lowest BCUT2D eigenvalue weighted by molar-refractivity contribution is -0.274. The van der Waals surface area contributed by atoms with Gasteiger partial charge in [-0.2, -0.15) is 0 Å². The summed E-state index contributed by atoms with van der Waals surface area (Å²) in [5.74, 6) is -2.22. The second-order valence-corrected chi connectivity index (χ2v) is 7.82. The number of aliphatic hydroxyl groups is 1. The van der Waals surface area contributed by atoms with Crippen LogP contribution in [0.5, 0.6) is 5.75 Å². The number of Topliss-reactive ketones (excluding diaryl/α,β-unsaturated/α-hetero) is 1. The fourth-order valence-electron chi connectivity index (χ4n) is 3.60. The van der Waals surface area contributed by atoms with Crippen molar-refractivity contribution >= 4 is 17.4 Å². The minimum absolute atomic E-state index is 0.00825. The van der Waals surface area contributed by atoms with Crippen LogP contribution in [0.2, 0.25) is 0 Å². The highest BCUT2D eigenvalue weighted by Crippen LogP contribution is 2.42. The molecule has 0 spiro atoms. The lowest BCUT2D eigenvalue weighted by Gasteiger charge is -2.27.